The van der Waals surface area contributed by atoms with Gasteiger partial charge in [0.25, 0.3) is 0 Å². The van der Waals surface area contributed by atoms with Crippen LogP contribution in [0.2, 0.25) is 0 Å². The fraction of sp³-hybridized carbons (Fsp3) is 0. The Morgan fingerprint density at radius 3 is 1.17 bits per heavy atom. The van der Waals surface area contributed by atoms with Gasteiger partial charge in [0.2, 0.25) is 0 Å². The van der Waals surface area contributed by atoms with E-state index in [9.17, 15) is 4.57 Å². The van der Waals surface area contributed by atoms with Crippen molar-refractivity contribution in [1.82, 2.24) is 0 Å². The zero-order chi connectivity index (χ0) is 4.50. The molecular weight excluding hydrogens is 193 g/mol. The van der Waals surface area contributed by atoms with Crippen LogP contribution in [0.1, 0.15) is 0 Å². The van der Waals surface area contributed by atoms with Crippen LogP contribution in [0.25, 0.3) is 0 Å². The summed E-state index contributed by atoms with van der Waals surface area (Å²) in [5.41, 5.74) is 0. The molecule has 0 spiro atoms. The predicted octanol–water partition coefficient (Wildman–Crippen LogP) is 1.89. The van der Waals surface area contributed by atoms with Crippen LogP contribution in [-0.2, 0) is 4.57 Å². The molecule has 0 aromatic carbocycles. The van der Waals surface area contributed by atoms with E-state index >= 15 is 0 Å². The molecule has 0 saturated carbocycles. The molecule has 0 N–H and O–H groups in total. The molecule has 0 bridgehead atoms. The van der Waals surface area contributed by atoms with Crippen LogP contribution in [0.4, 0.5) is 0 Å². The first-order valence-corrected chi connectivity index (χ1v) is 5.11. The second-order valence-electron chi connectivity index (χ2n) is 0.399. The molecule has 0 amide bonds. The van der Waals surface area contributed by atoms with Crippen LogP contribution in [-0.4, -0.2) is 37.7 Å². The number of rotatable bonds is 0. The summed E-state index contributed by atoms with van der Waals surface area (Å²) in [6.45, 7) is 0. The van der Waals surface area contributed by atoms with Gasteiger partial charge in [-0.3, -0.25) is 4.57 Å². The normalized spacial score (nSPS) is 9.83. The molecule has 0 aromatic heterocycles. The van der Waals surface area contributed by atoms with Crippen molar-refractivity contribution in [3.05, 3.63) is 0 Å². The Morgan fingerprint density at radius 2 is 1.17 bits per heavy atom. The Hall–Kier alpha value is 2.36. The first-order chi connectivity index (χ1) is 2.00. The van der Waals surface area contributed by atoms with Gasteiger partial charge in [0, 0.05) is 0 Å². The van der Waals surface area contributed by atoms with Crippen molar-refractivity contribution < 1.29 is 4.57 Å². The van der Waals surface area contributed by atoms with Gasteiger partial charge in [0.15, 0.2) is 0 Å². The fourth-order valence-electron chi connectivity index (χ4n) is 0. The molecule has 0 fully saturated rings. The zero-order valence-corrected chi connectivity index (χ0v) is 5.15. The monoisotopic (exact) mass is 194 g/mol. The molecule has 36 valence electrons. The van der Waals surface area contributed by atoms with Crippen molar-refractivity contribution in [3.8, 4) is 0 Å². The van der Waals surface area contributed by atoms with Crippen molar-refractivity contribution in [1.29, 1.82) is 0 Å². The molecule has 0 saturated heterocycles. The van der Waals surface area contributed by atoms with E-state index < -0.39 is 5.20 Å². The van der Waals surface area contributed by atoms with Crippen molar-refractivity contribution in [2.75, 3.05) is 0 Å². The first-order valence-electron chi connectivity index (χ1n) is 0.690. The molecule has 0 aliphatic heterocycles. The molecule has 6 heavy (non-hydrogen) atoms. The predicted molar refractivity (Wildman–Crippen MR) is 33.7 cm³/mol. The second kappa shape index (κ2) is 4.26. The summed E-state index contributed by atoms with van der Waals surface area (Å²) in [5.74, 6) is 0. The maximum atomic E-state index is 9.51. The second-order valence-corrected chi connectivity index (χ2v) is 7.04. The molecule has 0 aliphatic carbocycles. The summed E-state index contributed by atoms with van der Waals surface area (Å²) in [6, 6.07) is 0. The molecule has 0 aliphatic rings. The topological polar surface area (TPSA) is 17.1 Å². The van der Waals surface area contributed by atoms with Gasteiger partial charge in [-0.1, -0.05) is 0 Å². The molecule has 0 aromatic rings. The molecule has 0 atom stereocenters. The van der Waals surface area contributed by atoms with Gasteiger partial charge >= 0.3 is 42.9 Å². The van der Waals surface area contributed by atoms with Crippen molar-refractivity contribution in [3.63, 3.8) is 0 Å². The molecule has 6 heteroatoms. The molecule has 0 rings (SSSR count). The SMILES string of the molecule is O=P(Cl)(Cl)Cl.[CaH2]. The fourth-order valence-corrected chi connectivity index (χ4v) is 0. The summed E-state index contributed by atoms with van der Waals surface area (Å²) in [6.07, 6.45) is 0. The van der Waals surface area contributed by atoms with Crippen molar-refractivity contribution >= 4 is 76.7 Å². The molecular formula is H2CaCl3OP. The third-order valence-corrected chi connectivity index (χ3v) is 0. The number of hydrogen-bond donors (Lipinski definition) is 0. The van der Waals surface area contributed by atoms with E-state index in [4.69, 9.17) is 0 Å². The van der Waals surface area contributed by atoms with Crippen LogP contribution in [0.15, 0.2) is 0 Å². The maximum absolute atomic E-state index is 9.51. The summed E-state index contributed by atoms with van der Waals surface area (Å²) in [5, 5.41) is -3.22. The van der Waals surface area contributed by atoms with Gasteiger partial charge in [-0.25, -0.2) is 0 Å². The van der Waals surface area contributed by atoms with Crippen LogP contribution >= 0.6 is 38.9 Å². The van der Waals surface area contributed by atoms with Crippen molar-refractivity contribution in [2.45, 2.75) is 0 Å². The minimum atomic E-state index is -3.22. The van der Waals surface area contributed by atoms with E-state index in [0.29, 0.717) is 0 Å². The summed E-state index contributed by atoms with van der Waals surface area (Å²) < 4.78 is 9.51. The molecule has 0 radical (unpaired) electrons. The third-order valence-electron chi connectivity index (χ3n) is 0. The van der Waals surface area contributed by atoms with Gasteiger partial charge in [-0.2, -0.15) is 0 Å². The van der Waals surface area contributed by atoms with E-state index in [1.807, 2.05) is 0 Å². The summed E-state index contributed by atoms with van der Waals surface area (Å²) in [7, 11) is 0. The van der Waals surface area contributed by atoms with E-state index in [0.717, 1.165) is 0 Å². The summed E-state index contributed by atoms with van der Waals surface area (Å²) >= 11 is 13.8. The Morgan fingerprint density at radius 1 is 1.17 bits per heavy atom. The summed E-state index contributed by atoms with van der Waals surface area (Å²) in [4.78, 5) is 0. The van der Waals surface area contributed by atoms with Gasteiger partial charge in [0.05, 0.1) is 0 Å². The number of hydrogen-bond acceptors (Lipinski definition) is 1. The molecule has 0 unspecified atom stereocenters. The Labute approximate surface area is 80.1 Å². The molecule has 1 nitrogen and oxygen atoms in total. The van der Waals surface area contributed by atoms with E-state index in [2.05, 4.69) is 33.7 Å². The van der Waals surface area contributed by atoms with E-state index in [1.165, 1.54) is 0 Å². The van der Waals surface area contributed by atoms with Gasteiger partial charge in [-0.15, -0.1) is 0 Å². The Kier molecular flexibility index (Phi) is 7.95. The van der Waals surface area contributed by atoms with Gasteiger partial charge in [0.1, 0.15) is 0 Å². The van der Waals surface area contributed by atoms with Gasteiger partial charge < -0.3 is 0 Å². The Bertz CT molecular complexity index is 56.9. The van der Waals surface area contributed by atoms with Crippen LogP contribution in [0, 0.1) is 0 Å². The van der Waals surface area contributed by atoms with Crippen LogP contribution in [0.3, 0.4) is 0 Å². The van der Waals surface area contributed by atoms with Crippen molar-refractivity contribution in [2.24, 2.45) is 0 Å². The number of halogens is 3. The standard InChI is InChI=1S/Ca.Cl3OP.2H/c;1-5(2,3)4;;. The van der Waals surface area contributed by atoms with Crippen LogP contribution in [0.5, 0.6) is 0 Å². The first kappa shape index (κ1) is 11.2. The van der Waals surface area contributed by atoms with Crippen LogP contribution < -0.4 is 0 Å². The average Bonchev–Trinajstić information content (AvgIpc) is 0.722. The third kappa shape index (κ3) is 32.8. The zero-order valence-electron chi connectivity index (χ0n) is 1.99. The van der Waals surface area contributed by atoms with Gasteiger partial charge in [-0.05, 0) is 33.7 Å². The Balaban J connectivity index is 0. The molecule has 0 heterocycles. The minimum absolute atomic E-state index is 0. The average molecular weight is 195 g/mol. The quantitative estimate of drug-likeness (QED) is 0.426. The van der Waals surface area contributed by atoms with E-state index in [-0.39, 0.29) is 37.7 Å². The van der Waals surface area contributed by atoms with E-state index in [1.54, 1.807) is 0 Å².